The highest BCUT2D eigenvalue weighted by atomic mass is 19.1. The number of aliphatic hydroxyl groups excluding tert-OH is 1. The zero-order valence-electron chi connectivity index (χ0n) is 16.2. The number of nitrogens with zero attached hydrogens (tertiary/aromatic N) is 3. The molecule has 5 aliphatic rings. The molecule has 2 saturated heterocycles. The molecular formula is C20H29FN4O3. The zero-order chi connectivity index (χ0) is 19.9. The Kier molecular flexibility index (Phi) is 5.09. The Labute approximate surface area is 164 Å². The molecule has 3 aliphatic carbocycles. The van der Waals surface area contributed by atoms with E-state index in [1.54, 1.807) is 0 Å². The average Bonchev–Trinajstić information content (AvgIpc) is 3.32. The van der Waals surface area contributed by atoms with Gasteiger partial charge in [-0.15, -0.1) is 0 Å². The fourth-order valence-electron chi connectivity index (χ4n) is 5.58. The maximum atomic E-state index is 13.6. The van der Waals surface area contributed by atoms with Gasteiger partial charge in [0, 0.05) is 30.5 Å². The lowest BCUT2D eigenvalue weighted by atomic mass is 9.56. The fourth-order valence-corrected chi connectivity index (χ4v) is 5.58. The summed E-state index contributed by atoms with van der Waals surface area (Å²) in [5.41, 5.74) is -0.445. The lowest BCUT2D eigenvalue weighted by Gasteiger charge is -2.53. The molecule has 154 valence electrons. The van der Waals surface area contributed by atoms with Gasteiger partial charge in [-0.25, -0.2) is 4.39 Å². The molecule has 0 spiro atoms. The number of hydrogen-bond acceptors (Lipinski definition) is 5. The van der Waals surface area contributed by atoms with E-state index in [2.05, 4.69) is 5.32 Å². The summed E-state index contributed by atoms with van der Waals surface area (Å²) >= 11 is 0. The first kappa shape index (κ1) is 19.6. The van der Waals surface area contributed by atoms with Gasteiger partial charge in [-0.1, -0.05) is 0 Å². The lowest BCUT2D eigenvalue weighted by molar-refractivity contribution is -0.149. The number of rotatable bonds is 4. The Balaban J connectivity index is 1.32. The van der Waals surface area contributed by atoms with Crippen LogP contribution in [0.25, 0.3) is 0 Å². The molecule has 8 heteroatoms. The van der Waals surface area contributed by atoms with Crippen molar-refractivity contribution >= 4 is 11.8 Å². The van der Waals surface area contributed by atoms with Crippen molar-refractivity contribution in [1.29, 1.82) is 5.26 Å². The maximum Gasteiger partial charge on any atom is 0.237 e. The van der Waals surface area contributed by atoms with E-state index in [1.807, 2.05) is 11.0 Å². The van der Waals surface area contributed by atoms with Crippen LogP contribution in [-0.2, 0) is 9.59 Å². The summed E-state index contributed by atoms with van der Waals surface area (Å²) in [6, 6.07) is 1.35. The van der Waals surface area contributed by atoms with E-state index in [0.717, 1.165) is 38.5 Å². The van der Waals surface area contributed by atoms with Gasteiger partial charge >= 0.3 is 0 Å². The molecule has 28 heavy (non-hydrogen) atoms. The van der Waals surface area contributed by atoms with Gasteiger partial charge in [-0.2, -0.15) is 5.26 Å². The Bertz CT molecular complexity index is 669. The third kappa shape index (κ3) is 3.39. The molecule has 0 aromatic rings. The second-order valence-corrected chi connectivity index (χ2v) is 9.13. The molecule has 2 bridgehead atoms. The number of likely N-dealkylation sites (tertiary alicyclic amines) is 2. The Morgan fingerprint density at radius 3 is 2.43 bits per heavy atom. The van der Waals surface area contributed by atoms with E-state index in [-0.39, 0.29) is 42.3 Å². The van der Waals surface area contributed by atoms with Crippen molar-refractivity contribution in [3.63, 3.8) is 0 Å². The normalized spacial score (nSPS) is 40.0. The van der Waals surface area contributed by atoms with Crippen LogP contribution in [0.5, 0.6) is 0 Å². The molecule has 2 N–H and O–H groups in total. The molecule has 0 aromatic heterocycles. The number of carbonyl (C=O) groups excluding carboxylic acids is 2. The molecule has 3 atom stereocenters. The van der Waals surface area contributed by atoms with E-state index in [4.69, 9.17) is 5.26 Å². The molecule has 5 rings (SSSR count). The van der Waals surface area contributed by atoms with Gasteiger partial charge in [0.15, 0.2) is 0 Å². The van der Waals surface area contributed by atoms with Crippen molar-refractivity contribution in [1.82, 2.24) is 15.1 Å². The number of fused-ring (bicyclic) bond motifs is 3. The third-order valence-corrected chi connectivity index (χ3v) is 7.48. The van der Waals surface area contributed by atoms with Gasteiger partial charge < -0.3 is 20.2 Å². The number of amides is 2. The van der Waals surface area contributed by atoms with E-state index in [9.17, 15) is 19.1 Å². The number of aliphatic hydroxyl groups is 1. The summed E-state index contributed by atoms with van der Waals surface area (Å²) in [7, 11) is 0. The van der Waals surface area contributed by atoms with Crippen molar-refractivity contribution < 1.29 is 19.1 Å². The molecule has 3 saturated carbocycles. The van der Waals surface area contributed by atoms with Crippen molar-refractivity contribution in [2.45, 2.75) is 75.2 Å². The molecule has 2 heterocycles. The number of nitrogens with one attached hydrogen (secondary N) is 1. The molecule has 0 aromatic carbocycles. The highest BCUT2D eigenvalue weighted by Gasteiger charge is 2.54. The van der Waals surface area contributed by atoms with Crippen LogP contribution in [0, 0.1) is 16.7 Å². The van der Waals surface area contributed by atoms with Crippen LogP contribution in [0.15, 0.2) is 0 Å². The van der Waals surface area contributed by atoms with Crippen LogP contribution in [-0.4, -0.2) is 76.8 Å². The van der Waals surface area contributed by atoms with Crippen LogP contribution < -0.4 is 5.32 Å². The SMILES string of the molecule is N#CC1CC(F)CN1C(=O)CNC12CCC(C(=O)N3CCC(O)C3)(CC1)CC2. The Hall–Kier alpha value is -1.72. The summed E-state index contributed by atoms with van der Waals surface area (Å²) in [4.78, 5) is 28.7. The summed E-state index contributed by atoms with van der Waals surface area (Å²) in [6.45, 7) is 1.21. The van der Waals surface area contributed by atoms with Gasteiger partial charge in [0.05, 0.1) is 25.3 Å². The van der Waals surface area contributed by atoms with Crippen molar-refractivity contribution in [3.8, 4) is 6.07 Å². The second kappa shape index (κ2) is 7.27. The molecule has 0 radical (unpaired) electrons. The Morgan fingerprint density at radius 2 is 1.86 bits per heavy atom. The first-order valence-corrected chi connectivity index (χ1v) is 10.4. The molecule has 2 amide bonds. The first-order valence-electron chi connectivity index (χ1n) is 10.4. The minimum Gasteiger partial charge on any atom is -0.391 e. The minimum absolute atomic E-state index is 0.00500. The number of halogens is 1. The van der Waals surface area contributed by atoms with Gasteiger partial charge in [0.25, 0.3) is 0 Å². The van der Waals surface area contributed by atoms with Crippen LogP contribution >= 0.6 is 0 Å². The van der Waals surface area contributed by atoms with Crippen molar-refractivity contribution in [2.75, 3.05) is 26.2 Å². The fraction of sp³-hybridized carbons (Fsp3) is 0.850. The van der Waals surface area contributed by atoms with Crippen molar-refractivity contribution in [2.24, 2.45) is 5.41 Å². The van der Waals surface area contributed by atoms with Crippen LogP contribution in [0.3, 0.4) is 0 Å². The number of alkyl halides is 1. The van der Waals surface area contributed by atoms with E-state index >= 15 is 0 Å². The monoisotopic (exact) mass is 392 g/mol. The summed E-state index contributed by atoms with van der Waals surface area (Å²) in [6.07, 6.45) is 4.18. The van der Waals surface area contributed by atoms with Crippen molar-refractivity contribution in [3.05, 3.63) is 0 Å². The van der Waals surface area contributed by atoms with E-state index < -0.39 is 18.3 Å². The first-order chi connectivity index (χ1) is 13.4. The standard InChI is InChI=1S/C20H29FN4O3/c21-14-9-15(10-22)25(12-14)17(27)11-23-20-5-2-19(3-6-20,4-7-20)18(28)24-8-1-16(26)13-24/h14-16,23,26H,1-9,11-13H2. The molecule has 2 aliphatic heterocycles. The smallest absolute Gasteiger partial charge is 0.237 e. The zero-order valence-corrected chi connectivity index (χ0v) is 16.2. The highest BCUT2D eigenvalue weighted by molar-refractivity contribution is 5.83. The van der Waals surface area contributed by atoms with Gasteiger partial charge in [0.2, 0.25) is 11.8 Å². The summed E-state index contributed by atoms with van der Waals surface area (Å²) in [5.74, 6) is -0.0260. The molecule has 3 unspecified atom stereocenters. The largest absolute Gasteiger partial charge is 0.391 e. The summed E-state index contributed by atoms with van der Waals surface area (Å²) in [5, 5.41) is 22.3. The highest BCUT2D eigenvalue weighted by Crippen LogP contribution is 2.53. The summed E-state index contributed by atoms with van der Waals surface area (Å²) < 4.78 is 13.6. The lowest BCUT2D eigenvalue weighted by Crippen LogP contribution is -2.60. The van der Waals surface area contributed by atoms with Crippen LogP contribution in [0.2, 0.25) is 0 Å². The third-order valence-electron chi connectivity index (χ3n) is 7.48. The van der Waals surface area contributed by atoms with E-state index in [1.165, 1.54) is 4.90 Å². The molecular weight excluding hydrogens is 363 g/mol. The van der Waals surface area contributed by atoms with Crippen LogP contribution in [0.1, 0.15) is 51.4 Å². The average molecular weight is 392 g/mol. The number of β-amino-alcohol motifs (C(OH)–C–C–N with tert-alkyl or cyclic N) is 1. The van der Waals surface area contributed by atoms with Crippen LogP contribution in [0.4, 0.5) is 4.39 Å². The second-order valence-electron chi connectivity index (χ2n) is 9.13. The van der Waals surface area contributed by atoms with Gasteiger partial charge in [-0.3, -0.25) is 9.59 Å². The predicted molar refractivity (Wildman–Crippen MR) is 98.7 cm³/mol. The molecule has 5 fully saturated rings. The number of nitriles is 1. The molecule has 7 nitrogen and oxygen atoms in total. The Morgan fingerprint density at radius 1 is 1.18 bits per heavy atom. The van der Waals surface area contributed by atoms with Gasteiger partial charge in [-0.05, 0) is 44.9 Å². The predicted octanol–water partition coefficient (Wildman–Crippen LogP) is 0.725. The topological polar surface area (TPSA) is 96.7 Å². The number of carbonyl (C=O) groups is 2. The quantitative estimate of drug-likeness (QED) is 0.735. The van der Waals surface area contributed by atoms with E-state index in [0.29, 0.717) is 19.5 Å². The minimum atomic E-state index is -1.12. The maximum absolute atomic E-state index is 13.6. The number of hydrogen-bond donors (Lipinski definition) is 2. The van der Waals surface area contributed by atoms with Gasteiger partial charge in [0.1, 0.15) is 12.2 Å².